The molecule has 2 aliphatic rings. The van der Waals surface area contributed by atoms with Gasteiger partial charge in [-0.2, -0.15) is 9.40 Å². The number of carbonyl (C=O) groups is 1. The summed E-state index contributed by atoms with van der Waals surface area (Å²) in [5, 5.41) is 10.7. The third-order valence-electron chi connectivity index (χ3n) is 5.10. The minimum absolute atomic E-state index is 0.0382. The van der Waals surface area contributed by atoms with E-state index in [0.29, 0.717) is 44.1 Å². The summed E-state index contributed by atoms with van der Waals surface area (Å²) in [6.07, 6.45) is 1.67. The third-order valence-corrected chi connectivity index (χ3v) is 6.96. The van der Waals surface area contributed by atoms with Gasteiger partial charge in [-0.15, -0.1) is 5.10 Å². The van der Waals surface area contributed by atoms with Crippen molar-refractivity contribution in [2.75, 3.05) is 25.0 Å². The summed E-state index contributed by atoms with van der Waals surface area (Å²) in [6, 6.07) is 8.50. The van der Waals surface area contributed by atoms with E-state index >= 15 is 0 Å². The van der Waals surface area contributed by atoms with Gasteiger partial charge in [-0.3, -0.25) is 4.79 Å². The Kier molecular flexibility index (Phi) is 5.03. The van der Waals surface area contributed by atoms with E-state index in [-0.39, 0.29) is 16.7 Å². The SMILES string of the molecule is Cc1ccc(OCC2CCN(S(=O)(=O)c3ccc4c(c3)CCC(=O)N4)C2)nn1. The van der Waals surface area contributed by atoms with Crippen LogP contribution in [0.1, 0.15) is 24.1 Å². The highest BCUT2D eigenvalue weighted by Crippen LogP contribution is 2.29. The summed E-state index contributed by atoms with van der Waals surface area (Å²) >= 11 is 0. The average Bonchev–Trinajstić information content (AvgIpc) is 3.17. The second kappa shape index (κ2) is 7.48. The van der Waals surface area contributed by atoms with Gasteiger partial charge in [0, 0.05) is 37.2 Å². The first-order chi connectivity index (χ1) is 13.4. The van der Waals surface area contributed by atoms with Gasteiger partial charge in [0.25, 0.3) is 0 Å². The minimum Gasteiger partial charge on any atom is -0.476 e. The van der Waals surface area contributed by atoms with E-state index in [2.05, 4.69) is 15.5 Å². The van der Waals surface area contributed by atoms with Gasteiger partial charge in [0.2, 0.25) is 21.8 Å². The van der Waals surface area contributed by atoms with Gasteiger partial charge in [0.1, 0.15) is 0 Å². The molecule has 1 atom stereocenters. The van der Waals surface area contributed by atoms with Crippen molar-refractivity contribution < 1.29 is 17.9 Å². The predicted octanol–water partition coefficient (Wildman–Crippen LogP) is 1.76. The molecular formula is C19H22N4O4S. The molecule has 1 unspecified atom stereocenters. The first-order valence-corrected chi connectivity index (χ1v) is 10.7. The Morgan fingerprint density at radius 1 is 1.21 bits per heavy atom. The maximum Gasteiger partial charge on any atom is 0.243 e. The van der Waals surface area contributed by atoms with Crippen LogP contribution in [0.3, 0.4) is 0 Å². The zero-order chi connectivity index (χ0) is 19.7. The number of nitrogens with one attached hydrogen (secondary N) is 1. The molecule has 1 amide bonds. The van der Waals surface area contributed by atoms with Crippen molar-refractivity contribution in [1.29, 1.82) is 0 Å². The number of aryl methyl sites for hydroxylation is 2. The molecular weight excluding hydrogens is 380 g/mol. The number of sulfonamides is 1. The zero-order valence-corrected chi connectivity index (χ0v) is 16.4. The Labute approximate surface area is 164 Å². The second-order valence-electron chi connectivity index (χ2n) is 7.21. The number of hydrogen-bond donors (Lipinski definition) is 1. The number of aromatic nitrogens is 2. The Morgan fingerprint density at radius 3 is 2.86 bits per heavy atom. The summed E-state index contributed by atoms with van der Waals surface area (Å²) in [7, 11) is -3.57. The average molecular weight is 402 g/mol. The topological polar surface area (TPSA) is 101 Å². The van der Waals surface area contributed by atoms with Gasteiger partial charge in [-0.05, 0) is 49.6 Å². The van der Waals surface area contributed by atoms with E-state index in [0.717, 1.165) is 17.7 Å². The molecule has 0 bridgehead atoms. The van der Waals surface area contributed by atoms with E-state index < -0.39 is 10.0 Å². The molecule has 148 valence electrons. The van der Waals surface area contributed by atoms with Crippen molar-refractivity contribution in [3.63, 3.8) is 0 Å². The number of amides is 1. The monoisotopic (exact) mass is 402 g/mol. The lowest BCUT2D eigenvalue weighted by molar-refractivity contribution is -0.116. The molecule has 8 nitrogen and oxygen atoms in total. The molecule has 1 aromatic carbocycles. The summed E-state index contributed by atoms with van der Waals surface area (Å²) in [6.45, 7) is 3.13. The molecule has 0 aliphatic carbocycles. The smallest absolute Gasteiger partial charge is 0.243 e. The first kappa shape index (κ1) is 18.8. The molecule has 4 rings (SSSR count). The number of hydrogen-bond acceptors (Lipinski definition) is 6. The van der Waals surface area contributed by atoms with Crippen molar-refractivity contribution in [2.45, 2.75) is 31.1 Å². The molecule has 3 heterocycles. The van der Waals surface area contributed by atoms with E-state index in [9.17, 15) is 13.2 Å². The fraction of sp³-hybridized carbons (Fsp3) is 0.421. The van der Waals surface area contributed by atoms with Crippen LogP contribution in [-0.4, -0.2) is 48.5 Å². The lowest BCUT2D eigenvalue weighted by Gasteiger charge is -2.20. The van der Waals surface area contributed by atoms with Crippen LogP contribution in [0.5, 0.6) is 5.88 Å². The summed E-state index contributed by atoms with van der Waals surface area (Å²) in [4.78, 5) is 11.7. The zero-order valence-electron chi connectivity index (χ0n) is 15.6. The van der Waals surface area contributed by atoms with Crippen LogP contribution in [0, 0.1) is 12.8 Å². The number of ether oxygens (including phenoxy) is 1. The Hall–Kier alpha value is -2.52. The molecule has 0 spiro atoms. The standard InChI is InChI=1S/C19H22N4O4S/c1-13-2-7-19(22-21-13)27-12-14-8-9-23(11-14)28(25,26)16-4-5-17-15(10-16)3-6-18(24)20-17/h2,4-5,7,10,14H,3,6,8-9,11-12H2,1H3,(H,20,24). The highest BCUT2D eigenvalue weighted by atomic mass is 32.2. The van der Waals surface area contributed by atoms with Crippen molar-refractivity contribution in [1.82, 2.24) is 14.5 Å². The molecule has 0 saturated carbocycles. The summed E-state index contributed by atoms with van der Waals surface area (Å²) in [5.74, 6) is 0.516. The van der Waals surface area contributed by atoms with Crippen LogP contribution in [0.2, 0.25) is 0 Å². The third kappa shape index (κ3) is 3.85. The van der Waals surface area contributed by atoms with Crippen molar-refractivity contribution in [3.8, 4) is 5.88 Å². The lowest BCUT2D eigenvalue weighted by atomic mass is 10.0. The van der Waals surface area contributed by atoms with E-state index in [1.54, 1.807) is 24.3 Å². The highest BCUT2D eigenvalue weighted by Gasteiger charge is 2.33. The molecule has 1 saturated heterocycles. The predicted molar refractivity (Wildman–Crippen MR) is 103 cm³/mol. The Morgan fingerprint density at radius 2 is 2.07 bits per heavy atom. The molecule has 2 aromatic rings. The normalized spacial score (nSPS) is 19.9. The maximum atomic E-state index is 13.0. The van der Waals surface area contributed by atoms with Crippen LogP contribution < -0.4 is 10.1 Å². The summed E-state index contributed by atoms with van der Waals surface area (Å²) < 4.78 is 33.2. The van der Waals surface area contributed by atoms with Crippen molar-refractivity contribution in [2.24, 2.45) is 5.92 Å². The fourth-order valence-electron chi connectivity index (χ4n) is 3.49. The lowest BCUT2D eigenvalue weighted by Crippen LogP contribution is -2.30. The number of carbonyl (C=O) groups excluding carboxylic acids is 1. The minimum atomic E-state index is -3.57. The number of rotatable bonds is 5. The van der Waals surface area contributed by atoms with E-state index in [1.807, 2.05) is 13.0 Å². The fourth-order valence-corrected chi connectivity index (χ4v) is 5.07. The quantitative estimate of drug-likeness (QED) is 0.818. The molecule has 1 aromatic heterocycles. The van der Waals surface area contributed by atoms with Gasteiger partial charge < -0.3 is 10.1 Å². The van der Waals surface area contributed by atoms with Gasteiger partial charge in [0.15, 0.2) is 0 Å². The molecule has 1 N–H and O–H groups in total. The largest absolute Gasteiger partial charge is 0.476 e. The number of fused-ring (bicyclic) bond motifs is 1. The Bertz CT molecular complexity index is 991. The van der Waals surface area contributed by atoms with E-state index in [1.165, 1.54) is 4.31 Å². The van der Waals surface area contributed by atoms with Crippen LogP contribution in [0.4, 0.5) is 5.69 Å². The van der Waals surface area contributed by atoms with Crippen LogP contribution >= 0.6 is 0 Å². The van der Waals surface area contributed by atoms with Crippen LogP contribution in [0.15, 0.2) is 35.2 Å². The second-order valence-corrected chi connectivity index (χ2v) is 9.15. The number of anilines is 1. The van der Waals surface area contributed by atoms with Crippen molar-refractivity contribution in [3.05, 3.63) is 41.6 Å². The molecule has 0 radical (unpaired) electrons. The molecule has 28 heavy (non-hydrogen) atoms. The van der Waals surface area contributed by atoms with Gasteiger partial charge >= 0.3 is 0 Å². The molecule has 2 aliphatic heterocycles. The molecule has 1 fully saturated rings. The number of nitrogens with zero attached hydrogens (tertiary/aromatic N) is 3. The summed E-state index contributed by atoms with van der Waals surface area (Å²) in [5.41, 5.74) is 2.37. The Balaban J connectivity index is 1.41. The van der Waals surface area contributed by atoms with E-state index in [4.69, 9.17) is 4.74 Å². The van der Waals surface area contributed by atoms with Crippen LogP contribution in [0.25, 0.3) is 0 Å². The van der Waals surface area contributed by atoms with Gasteiger partial charge in [-0.25, -0.2) is 8.42 Å². The molecule has 9 heteroatoms. The van der Waals surface area contributed by atoms with Crippen LogP contribution in [-0.2, 0) is 21.2 Å². The maximum absolute atomic E-state index is 13.0. The first-order valence-electron chi connectivity index (χ1n) is 9.28. The van der Waals surface area contributed by atoms with Crippen molar-refractivity contribution >= 4 is 21.6 Å². The van der Waals surface area contributed by atoms with Gasteiger partial charge in [0.05, 0.1) is 17.2 Å². The highest BCUT2D eigenvalue weighted by molar-refractivity contribution is 7.89. The van der Waals surface area contributed by atoms with Gasteiger partial charge in [-0.1, -0.05) is 0 Å². The number of benzene rings is 1.